The first-order chi connectivity index (χ1) is 9.85. The number of hydrogen-bond donors (Lipinski definition) is 1. The van der Waals surface area contributed by atoms with E-state index in [2.05, 4.69) is 5.32 Å². The van der Waals surface area contributed by atoms with E-state index >= 15 is 0 Å². The molecule has 0 atom stereocenters. The highest BCUT2D eigenvalue weighted by atomic mass is 35.5. The Morgan fingerprint density at radius 2 is 1.95 bits per heavy atom. The summed E-state index contributed by atoms with van der Waals surface area (Å²) in [6.07, 6.45) is 0. The Labute approximate surface area is 132 Å². The van der Waals surface area contributed by atoms with Gasteiger partial charge in [-0.25, -0.2) is 4.79 Å². The predicted octanol–water partition coefficient (Wildman–Crippen LogP) is 1.35. The zero-order valence-electron chi connectivity index (χ0n) is 11.5. The van der Waals surface area contributed by atoms with Crippen LogP contribution in [0.5, 0.6) is 0 Å². The normalized spacial score (nSPS) is 9.90. The summed E-state index contributed by atoms with van der Waals surface area (Å²) in [5, 5.41) is 2.89. The van der Waals surface area contributed by atoms with Crippen molar-refractivity contribution in [2.45, 2.75) is 0 Å². The van der Waals surface area contributed by atoms with E-state index in [4.69, 9.17) is 27.9 Å². The van der Waals surface area contributed by atoms with E-state index in [0.29, 0.717) is 5.02 Å². The molecule has 0 fully saturated rings. The SMILES string of the molecule is CNC(=O)CN(C)C(=O)COC(=O)c1cc(Cl)ccc1Cl. The molecule has 0 heterocycles. The van der Waals surface area contributed by atoms with Crippen molar-refractivity contribution < 1.29 is 19.1 Å². The monoisotopic (exact) mass is 332 g/mol. The molecule has 1 rings (SSSR count). The minimum atomic E-state index is -0.760. The standard InChI is InChI=1S/C13H14Cl2N2O4/c1-16-11(18)6-17(2)12(19)7-21-13(20)9-5-8(14)3-4-10(9)15/h3-5H,6-7H2,1-2H3,(H,16,18). The van der Waals surface area contributed by atoms with Crippen molar-refractivity contribution in [3.63, 3.8) is 0 Å². The van der Waals surface area contributed by atoms with Gasteiger partial charge in [0.2, 0.25) is 5.91 Å². The summed E-state index contributed by atoms with van der Waals surface area (Å²) in [4.78, 5) is 35.8. The fourth-order valence-electron chi connectivity index (χ4n) is 1.35. The lowest BCUT2D eigenvalue weighted by molar-refractivity contribution is -0.137. The van der Waals surface area contributed by atoms with Gasteiger partial charge in [0.15, 0.2) is 6.61 Å². The average Bonchev–Trinajstić information content (AvgIpc) is 2.46. The number of likely N-dealkylation sites (N-methyl/N-ethyl adjacent to an activating group) is 2. The van der Waals surface area contributed by atoms with Crippen molar-refractivity contribution in [2.75, 3.05) is 27.2 Å². The summed E-state index contributed by atoms with van der Waals surface area (Å²) in [6, 6.07) is 4.34. The molecule has 21 heavy (non-hydrogen) atoms. The van der Waals surface area contributed by atoms with Crippen LogP contribution < -0.4 is 5.32 Å². The van der Waals surface area contributed by atoms with Crippen molar-refractivity contribution in [3.05, 3.63) is 33.8 Å². The zero-order chi connectivity index (χ0) is 16.0. The highest BCUT2D eigenvalue weighted by Gasteiger charge is 2.17. The number of carbonyl (C=O) groups excluding carboxylic acids is 3. The van der Waals surface area contributed by atoms with E-state index in [0.717, 1.165) is 4.90 Å². The van der Waals surface area contributed by atoms with Gasteiger partial charge in [0.05, 0.1) is 17.1 Å². The molecule has 1 aromatic carbocycles. The van der Waals surface area contributed by atoms with Crippen molar-refractivity contribution in [2.24, 2.45) is 0 Å². The van der Waals surface area contributed by atoms with Crippen LogP contribution in [0.25, 0.3) is 0 Å². The Kier molecular flexibility index (Phi) is 6.45. The van der Waals surface area contributed by atoms with Gasteiger partial charge >= 0.3 is 5.97 Å². The molecular formula is C13H14Cl2N2O4. The molecule has 8 heteroatoms. The van der Waals surface area contributed by atoms with Gasteiger partial charge in [-0.15, -0.1) is 0 Å². The molecule has 114 valence electrons. The first kappa shape index (κ1) is 17.3. The summed E-state index contributed by atoms with van der Waals surface area (Å²) in [5.41, 5.74) is 0.0749. The van der Waals surface area contributed by atoms with Gasteiger partial charge in [-0.3, -0.25) is 9.59 Å². The largest absolute Gasteiger partial charge is 0.452 e. The lowest BCUT2D eigenvalue weighted by Gasteiger charge is -2.16. The fourth-order valence-corrected chi connectivity index (χ4v) is 1.72. The molecule has 0 bridgehead atoms. The van der Waals surface area contributed by atoms with E-state index in [1.165, 1.54) is 32.3 Å². The topological polar surface area (TPSA) is 75.7 Å². The third kappa shape index (κ3) is 5.24. The minimum Gasteiger partial charge on any atom is -0.452 e. The summed E-state index contributed by atoms with van der Waals surface area (Å²) in [6.45, 7) is -0.611. The van der Waals surface area contributed by atoms with Crippen LogP contribution in [0.15, 0.2) is 18.2 Å². The third-order valence-electron chi connectivity index (χ3n) is 2.56. The molecule has 1 aromatic rings. The zero-order valence-corrected chi connectivity index (χ0v) is 13.0. The Bertz CT molecular complexity index is 563. The first-order valence-corrected chi connectivity index (χ1v) is 6.67. The highest BCUT2D eigenvalue weighted by molar-refractivity contribution is 6.35. The molecular weight excluding hydrogens is 319 g/mol. The van der Waals surface area contributed by atoms with Gasteiger partial charge in [-0.2, -0.15) is 0 Å². The van der Waals surface area contributed by atoms with Crippen molar-refractivity contribution >= 4 is 41.0 Å². The Balaban J connectivity index is 2.58. The molecule has 0 unspecified atom stereocenters. The van der Waals surface area contributed by atoms with Gasteiger partial charge in [-0.05, 0) is 18.2 Å². The van der Waals surface area contributed by atoms with Crippen molar-refractivity contribution in [3.8, 4) is 0 Å². The van der Waals surface area contributed by atoms with Gasteiger partial charge in [0, 0.05) is 19.1 Å². The fraction of sp³-hybridized carbons (Fsp3) is 0.308. The summed E-state index contributed by atoms with van der Waals surface area (Å²) in [5.74, 6) is -1.59. The van der Waals surface area contributed by atoms with Crippen LogP contribution in [0.3, 0.4) is 0 Å². The maximum Gasteiger partial charge on any atom is 0.340 e. The quantitative estimate of drug-likeness (QED) is 0.826. The molecule has 0 aliphatic rings. The molecule has 0 aromatic heterocycles. The average molecular weight is 333 g/mol. The van der Waals surface area contributed by atoms with E-state index in [-0.39, 0.29) is 23.0 Å². The lowest BCUT2D eigenvalue weighted by atomic mass is 10.2. The number of halogens is 2. The Hall–Kier alpha value is -1.79. The van der Waals surface area contributed by atoms with Crippen molar-refractivity contribution in [1.29, 1.82) is 0 Å². The number of rotatable bonds is 5. The molecule has 0 saturated heterocycles. The second-order valence-corrected chi connectivity index (χ2v) is 4.97. The third-order valence-corrected chi connectivity index (χ3v) is 3.13. The smallest absolute Gasteiger partial charge is 0.340 e. The summed E-state index contributed by atoms with van der Waals surface area (Å²) in [7, 11) is 2.89. The van der Waals surface area contributed by atoms with Crippen molar-refractivity contribution in [1.82, 2.24) is 10.2 Å². The number of ether oxygens (including phenoxy) is 1. The summed E-state index contributed by atoms with van der Waals surface area (Å²) >= 11 is 11.6. The molecule has 0 aliphatic carbocycles. The van der Waals surface area contributed by atoms with Gasteiger partial charge in [0.1, 0.15) is 0 Å². The number of hydrogen-bond acceptors (Lipinski definition) is 4. The maximum atomic E-state index is 11.8. The van der Waals surface area contributed by atoms with E-state index < -0.39 is 18.5 Å². The minimum absolute atomic E-state index is 0.0749. The first-order valence-electron chi connectivity index (χ1n) is 5.92. The van der Waals surface area contributed by atoms with E-state index in [9.17, 15) is 14.4 Å². The van der Waals surface area contributed by atoms with Crippen LogP contribution in [0.1, 0.15) is 10.4 Å². The number of benzene rings is 1. The number of nitrogens with zero attached hydrogens (tertiary/aromatic N) is 1. The lowest BCUT2D eigenvalue weighted by Crippen LogP contribution is -2.39. The Morgan fingerprint density at radius 1 is 1.29 bits per heavy atom. The Morgan fingerprint density at radius 3 is 2.57 bits per heavy atom. The van der Waals surface area contributed by atoms with Gasteiger partial charge in [0.25, 0.3) is 5.91 Å². The van der Waals surface area contributed by atoms with Crippen LogP contribution in [-0.4, -0.2) is 49.9 Å². The van der Waals surface area contributed by atoms with Gasteiger partial charge < -0.3 is 15.0 Å². The summed E-state index contributed by atoms with van der Waals surface area (Å²) < 4.78 is 4.86. The predicted molar refractivity (Wildman–Crippen MR) is 78.4 cm³/mol. The molecule has 0 aliphatic heterocycles. The molecule has 0 spiro atoms. The van der Waals surface area contributed by atoms with Gasteiger partial charge in [-0.1, -0.05) is 23.2 Å². The van der Waals surface area contributed by atoms with E-state index in [1.54, 1.807) is 0 Å². The number of esters is 1. The second kappa shape index (κ2) is 7.85. The highest BCUT2D eigenvalue weighted by Crippen LogP contribution is 2.21. The molecule has 0 saturated carbocycles. The number of carbonyl (C=O) groups is 3. The van der Waals surface area contributed by atoms with Crippen LogP contribution in [0.4, 0.5) is 0 Å². The number of amides is 2. The van der Waals surface area contributed by atoms with Crippen LogP contribution in [-0.2, 0) is 14.3 Å². The van der Waals surface area contributed by atoms with E-state index in [1.807, 2.05) is 0 Å². The molecule has 0 radical (unpaired) electrons. The van der Waals surface area contributed by atoms with Crippen LogP contribution >= 0.6 is 23.2 Å². The molecule has 1 N–H and O–H groups in total. The second-order valence-electron chi connectivity index (χ2n) is 4.12. The van der Waals surface area contributed by atoms with Crippen LogP contribution in [0, 0.1) is 0 Å². The maximum absolute atomic E-state index is 11.8. The molecule has 2 amide bonds. The molecule has 6 nitrogen and oxygen atoms in total. The number of nitrogens with one attached hydrogen (secondary N) is 1. The van der Waals surface area contributed by atoms with Crippen LogP contribution in [0.2, 0.25) is 10.0 Å².